The molecule has 0 aromatic heterocycles. The molecule has 0 saturated heterocycles. The van der Waals surface area contributed by atoms with Gasteiger partial charge in [-0.2, -0.15) is 0 Å². The van der Waals surface area contributed by atoms with E-state index in [0.717, 1.165) is 12.0 Å². The molecular weight excluding hydrogens is 313 g/mol. The van der Waals surface area contributed by atoms with Crippen LogP contribution in [0.1, 0.15) is 17.9 Å². The third-order valence-corrected chi connectivity index (χ3v) is 3.72. The first-order valence-electron chi connectivity index (χ1n) is 6.12. The molecule has 2 rings (SSSR count). The SMILES string of the molecule is COCCN=C(N)N[C@@H]1C[C@H]1c1ccc(Br)c(F)c1. The molecule has 1 aliphatic rings. The number of aliphatic imine (C=N–C) groups is 1. The van der Waals surface area contributed by atoms with Gasteiger partial charge >= 0.3 is 0 Å². The second kappa shape index (κ2) is 6.34. The van der Waals surface area contributed by atoms with Crippen molar-refractivity contribution in [3.05, 3.63) is 34.1 Å². The number of nitrogens with zero attached hydrogens (tertiary/aromatic N) is 1. The van der Waals surface area contributed by atoms with Crippen molar-refractivity contribution in [1.82, 2.24) is 5.32 Å². The Bertz CT molecular complexity index is 481. The fourth-order valence-corrected chi connectivity index (χ4v) is 2.21. The number of hydrogen-bond donors (Lipinski definition) is 2. The summed E-state index contributed by atoms with van der Waals surface area (Å²) in [5.74, 6) is 0.491. The molecule has 4 nitrogen and oxygen atoms in total. The van der Waals surface area contributed by atoms with Crippen LogP contribution in [0.4, 0.5) is 4.39 Å². The Morgan fingerprint density at radius 1 is 1.63 bits per heavy atom. The van der Waals surface area contributed by atoms with Crippen LogP contribution in [0.2, 0.25) is 0 Å². The summed E-state index contributed by atoms with van der Waals surface area (Å²) >= 11 is 3.15. The molecule has 0 unspecified atom stereocenters. The van der Waals surface area contributed by atoms with Crippen molar-refractivity contribution < 1.29 is 9.13 Å². The Kier molecular flexibility index (Phi) is 4.76. The van der Waals surface area contributed by atoms with Crippen LogP contribution in [-0.2, 0) is 4.74 Å². The van der Waals surface area contributed by atoms with Crippen LogP contribution in [0.25, 0.3) is 0 Å². The van der Waals surface area contributed by atoms with Crippen molar-refractivity contribution >= 4 is 21.9 Å². The maximum Gasteiger partial charge on any atom is 0.188 e. The average molecular weight is 330 g/mol. The van der Waals surface area contributed by atoms with E-state index in [0.29, 0.717) is 29.5 Å². The Labute approximate surface area is 120 Å². The molecule has 0 bridgehead atoms. The average Bonchev–Trinajstić information content (AvgIpc) is 3.12. The Balaban J connectivity index is 1.87. The van der Waals surface area contributed by atoms with Gasteiger partial charge in [-0.15, -0.1) is 0 Å². The summed E-state index contributed by atoms with van der Waals surface area (Å²) in [6, 6.07) is 5.47. The number of methoxy groups -OCH3 is 1. The van der Waals surface area contributed by atoms with Crippen molar-refractivity contribution in [2.45, 2.75) is 18.4 Å². The van der Waals surface area contributed by atoms with Crippen molar-refractivity contribution in [2.24, 2.45) is 10.7 Å². The predicted molar refractivity (Wildman–Crippen MR) is 76.7 cm³/mol. The lowest BCUT2D eigenvalue weighted by Crippen LogP contribution is -2.34. The minimum atomic E-state index is -0.232. The lowest BCUT2D eigenvalue weighted by Gasteiger charge is -2.06. The van der Waals surface area contributed by atoms with E-state index in [1.165, 1.54) is 0 Å². The fourth-order valence-electron chi connectivity index (χ4n) is 1.96. The molecule has 1 aliphatic carbocycles. The molecule has 2 atom stereocenters. The first-order chi connectivity index (χ1) is 9.11. The van der Waals surface area contributed by atoms with Gasteiger partial charge in [-0.05, 0) is 40.0 Å². The second-order valence-corrected chi connectivity index (χ2v) is 5.38. The van der Waals surface area contributed by atoms with E-state index in [1.54, 1.807) is 19.2 Å². The molecule has 1 aromatic rings. The number of nitrogens with one attached hydrogen (secondary N) is 1. The quantitative estimate of drug-likeness (QED) is 0.493. The molecule has 1 saturated carbocycles. The third-order valence-electron chi connectivity index (χ3n) is 3.07. The highest BCUT2D eigenvalue weighted by atomic mass is 79.9. The number of rotatable bonds is 5. The van der Waals surface area contributed by atoms with Gasteiger partial charge in [0.1, 0.15) is 5.82 Å². The zero-order chi connectivity index (χ0) is 13.8. The Morgan fingerprint density at radius 2 is 2.42 bits per heavy atom. The van der Waals surface area contributed by atoms with Crippen LogP contribution >= 0.6 is 15.9 Å². The molecule has 19 heavy (non-hydrogen) atoms. The van der Waals surface area contributed by atoms with Gasteiger partial charge in [-0.1, -0.05) is 6.07 Å². The summed E-state index contributed by atoms with van der Waals surface area (Å²) < 4.78 is 18.8. The normalized spacial score (nSPS) is 22.4. The van der Waals surface area contributed by atoms with Gasteiger partial charge in [-0.25, -0.2) is 4.39 Å². The Hall–Kier alpha value is -1.14. The number of nitrogens with two attached hydrogens (primary N) is 1. The van der Waals surface area contributed by atoms with Crippen molar-refractivity contribution in [2.75, 3.05) is 20.3 Å². The molecule has 104 valence electrons. The van der Waals surface area contributed by atoms with E-state index in [1.807, 2.05) is 6.07 Å². The minimum absolute atomic E-state index is 0.232. The van der Waals surface area contributed by atoms with Gasteiger partial charge in [0.15, 0.2) is 5.96 Å². The van der Waals surface area contributed by atoms with E-state index in [-0.39, 0.29) is 11.9 Å². The molecule has 0 amide bonds. The fraction of sp³-hybridized carbons (Fsp3) is 0.462. The summed E-state index contributed by atoms with van der Waals surface area (Å²) in [6.45, 7) is 1.09. The molecule has 3 N–H and O–H groups in total. The Morgan fingerprint density at radius 3 is 3.11 bits per heavy atom. The van der Waals surface area contributed by atoms with Crippen LogP contribution in [0.5, 0.6) is 0 Å². The summed E-state index contributed by atoms with van der Waals surface area (Å²) in [7, 11) is 1.62. The zero-order valence-electron chi connectivity index (χ0n) is 10.7. The van der Waals surface area contributed by atoms with E-state index < -0.39 is 0 Å². The van der Waals surface area contributed by atoms with Gasteiger partial charge < -0.3 is 15.8 Å². The van der Waals surface area contributed by atoms with E-state index >= 15 is 0 Å². The zero-order valence-corrected chi connectivity index (χ0v) is 12.3. The standard InChI is InChI=1S/C13H17BrFN3O/c1-19-5-4-17-13(16)18-12-7-9(12)8-2-3-10(14)11(15)6-8/h2-3,6,9,12H,4-5,7H2,1H3,(H3,16,17,18)/t9-,12+/m0/s1. The highest BCUT2D eigenvalue weighted by Crippen LogP contribution is 2.41. The molecule has 0 radical (unpaired) electrons. The van der Waals surface area contributed by atoms with E-state index in [9.17, 15) is 4.39 Å². The summed E-state index contributed by atoms with van der Waals surface area (Å²) in [5, 5.41) is 3.13. The predicted octanol–water partition coefficient (Wildman–Crippen LogP) is 1.99. The van der Waals surface area contributed by atoms with Gasteiger partial charge in [0.25, 0.3) is 0 Å². The highest BCUT2D eigenvalue weighted by Gasteiger charge is 2.39. The van der Waals surface area contributed by atoms with Crippen LogP contribution in [0.3, 0.4) is 0 Å². The number of guanidine groups is 1. The minimum Gasteiger partial charge on any atom is -0.383 e. The van der Waals surface area contributed by atoms with E-state index in [4.69, 9.17) is 10.5 Å². The van der Waals surface area contributed by atoms with Crippen molar-refractivity contribution in [1.29, 1.82) is 0 Å². The summed E-state index contributed by atoms with van der Waals surface area (Å²) in [6.07, 6.45) is 0.946. The number of benzene rings is 1. The number of hydrogen-bond acceptors (Lipinski definition) is 2. The lowest BCUT2D eigenvalue weighted by atomic mass is 10.1. The summed E-state index contributed by atoms with van der Waals surface area (Å²) in [4.78, 5) is 4.13. The third kappa shape index (κ3) is 3.91. The van der Waals surface area contributed by atoms with Crippen molar-refractivity contribution in [3.63, 3.8) is 0 Å². The van der Waals surface area contributed by atoms with E-state index in [2.05, 4.69) is 26.2 Å². The summed E-state index contributed by atoms with van der Waals surface area (Å²) in [5.41, 5.74) is 6.74. The lowest BCUT2D eigenvalue weighted by molar-refractivity contribution is 0.208. The van der Waals surface area contributed by atoms with Gasteiger partial charge in [-0.3, -0.25) is 4.99 Å². The van der Waals surface area contributed by atoms with Gasteiger partial charge in [0, 0.05) is 19.1 Å². The molecule has 0 spiro atoms. The first-order valence-corrected chi connectivity index (χ1v) is 6.91. The largest absolute Gasteiger partial charge is 0.383 e. The first kappa shape index (κ1) is 14.3. The molecule has 1 fully saturated rings. The van der Waals surface area contributed by atoms with Crippen LogP contribution < -0.4 is 11.1 Å². The molecule has 0 aliphatic heterocycles. The molecular formula is C13H17BrFN3O. The van der Waals surface area contributed by atoms with Crippen molar-refractivity contribution in [3.8, 4) is 0 Å². The molecule has 1 aromatic carbocycles. The maximum absolute atomic E-state index is 13.4. The van der Waals surface area contributed by atoms with Gasteiger partial charge in [0.2, 0.25) is 0 Å². The van der Waals surface area contributed by atoms with Crippen LogP contribution in [-0.4, -0.2) is 32.3 Å². The van der Waals surface area contributed by atoms with Crippen LogP contribution in [0.15, 0.2) is 27.7 Å². The van der Waals surface area contributed by atoms with Crippen LogP contribution in [0, 0.1) is 5.82 Å². The van der Waals surface area contributed by atoms with Gasteiger partial charge in [0.05, 0.1) is 17.6 Å². The number of halogens is 2. The topological polar surface area (TPSA) is 59.6 Å². The monoisotopic (exact) mass is 329 g/mol. The number of ether oxygens (including phenoxy) is 1. The second-order valence-electron chi connectivity index (χ2n) is 4.53. The smallest absolute Gasteiger partial charge is 0.188 e. The molecule has 6 heteroatoms. The highest BCUT2D eigenvalue weighted by molar-refractivity contribution is 9.10. The maximum atomic E-state index is 13.4. The molecule has 0 heterocycles.